The van der Waals surface area contributed by atoms with E-state index in [1.54, 1.807) is 41.1 Å². The van der Waals surface area contributed by atoms with Crippen molar-refractivity contribution in [2.45, 2.75) is 26.9 Å². The van der Waals surface area contributed by atoms with Crippen molar-refractivity contribution >= 4 is 11.6 Å². The van der Waals surface area contributed by atoms with E-state index < -0.39 is 0 Å². The van der Waals surface area contributed by atoms with Crippen LogP contribution in [-0.2, 0) is 4.79 Å². The first kappa shape index (κ1) is 17.6. The van der Waals surface area contributed by atoms with E-state index in [-0.39, 0.29) is 23.8 Å². The average molecular weight is 354 g/mol. The lowest BCUT2D eigenvalue weighted by Crippen LogP contribution is -2.07. The Morgan fingerprint density at radius 1 is 1.19 bits per heavy atom. The third-order valence-corrected chi connectivity index (χ3v) is 3.44. The van der Waals surface area contributed by atoms with Gasteiger partial charge in [-0.25, -0.2) is 9.07 Å². The second kappa shape index (κ2) is 7.35. The van der Waals surface area contributed by atoms with Crippen molar-refractivity contribution in [3.8, 4) is 23.1 Å². The fraction of sp³-hybridized carbons (Fsp3) is 0.211. The fourth-order valence-electron chi connectivity index (χ4n) is 2.44. The predicted octanol–water partition coefficient (Wildman–Crippen LogP) is 3.82. The van der Waals surface area contributed by atoms with E-state index in [0.29, 0.717) is 22.8 Å². The molecule has 0 atom stereocenters. The van der Waals surface area contributed by atoms with E-state index in [1.165, 1.54) is 19.1 Å². The van der Waals surface area contributed by atoms with Gasteiger partial charge >= 0.3 is 6.01 Å². The summed E-state index contributed by atoms with van der Waals surface area (Å²) in [6, 6.07) is 13.5. The van der Waals surface area contributed by atoms with Crippen LogP contribution in [0.1, 0.15) is 20.8 Å². The third kappa shape index (κ3) is 4.05. The maximum atomic E-state index is 13.6. The molecule has 0 saturated carbocycles. The number of carbonyl (C=O) groups is 1. The van der Waals surface area contributed by atoms with E-state index in [1.807, 2.05) is 13.8 Å². The van der Waals surface area contributed by atoms with E-state index in [9.17, 15) is 9.18 Å². The number of rotatable bonds is 5. The van der Waals surface area contributed by atoms with Crippen LogP contribution in [0.4, 0.5) is 10.1 Å². The van der Waals surface area contributed by atoms with Crippen LogP contribution in [-0.4, -0.2) is 26.8 Å². The minimum absolute atomic E-state index is 0.0895. The summed E-state index contributed by atoms with van der Waals surface area (Å²) in [7, 11) is 0. The lowest BCUT2D eigenvalue weighted by atomic mass is 10.2. The van der Waals surface area contributed by atoms with Gasteiger partial charge in [-0.1, -0.05) is 12.1 Å². The molecule has 1 aromatic heterocycles. The summed E-state index contributed by atoms with van der Waals surface area (Å²) in [5.74, 6) is -0.0385. The van der Waals surface area contributed by atoms with E-state index in [4.69, 9.17) is 4.74 Å². The minimum atomic E-state index is -0.357. The molecule has 1 N–H and O–H groups in total. The molecule has 3 rings (SSSR count). The quantitative estimate of drug-likeness (QED) is 0.756. The summed E-state index contributed by atoms with van der Waals surface area (Å²) in [6.07, 6.45) is -0.0895. The van der Waals surface area contributed by atoms with Crippen LogP contribution in [0.2, 0.25) is 0 Å². The van der Waals surface area contributed by atoms with Gasteiger partial charge in [-0.05, 0) is 50.2 Å². The monoisotopic (exact) mass is 354 g/mol. The maximum Gasteiger partial charge on any atom is 0.336 e. The van der Waals surface area contributed by atoms with Crippen molar-refractivity contribution in [3.63, 3.8) is 0 Å². The average Bonchev–Trinajstić information content (AvgIpc) is 2.98. The van der Waals surface area contributed by atoms with Gasteiger partial charge in [0.2, 0.25) is 5.91 Å². The van der Waals surface area contributed by atoms with Gasteiger partial charge < -0.3 is 10.1 Å². The summed E-state index contributed by atoms with van der Waals surface area (Å²) in [5, 5.41) is 7.10. The Balaban J connectivity index is 2.04. The highest BCUT2D eigenvalue weighted by molar-refractivity contribution is 5.88. The Morgan fingerprint density at radius 2 is 1.92 bits per heavy atom. The van der Waals surface area contributed by atoms with Crippen LogP contribution in [0.25, 0.3) is 17.1 Å². The molecule has 1 amide bonds. The number of benzene rings is 2. The molecule has 134 valence electrons. The van der Waals surface area contributed by atoms with Gasteiger partial charge in [-0.15, -0.1) is 5.10 Å². The lowest BCUT2D eigenvalue weighted by molar-refractivity contribution is -0.114. The second-order valence-corrected chi connectivity index (χ2v) is 6.03. The Hall–Kier alpha value is -3.22. The van der Waals surface area contributed by atoms with Crippen LogP contribution in [0.15, 0.2) is 48.5 Å². The van der Waals surface area contributed by atoms with Gasteiger partial charge in [0, 0.05) is 18.2 Å². The van der Waals surface area contributed by atoms with Gasteiger partial charge in [0.15, 0.2) is 5.82 Å². The number of anilines is 1. The topological polar surface area (TPSA) is 69.0 Å². The van der Waals surface area contributed by atoms with Gasteiger partial charge in [-0.2, -0.15) is 4.98 Å². The highest BCUT2D eigenvalue weighted by Crippen LogP contribution is 2.25. The Kier molecular flexibility index (Phi) is 4.97. The number of carbonyl (C=O) groups excluding carboxylic acids is 1. The van der Waals surface area contributed by atoms with Gasteiger partial charge in [0.25, 0.3) is 0 Å². The zero-order valence-corrected chi connectivity index (χ0v) is 14.7. The molecule has 0 spiro atoms. The van der Waals surface area contributed by atoms with Crippen molar-refractivity contribution in [1.82, 2.24) is 14.8 Å². The highest BCUT2D eigenvalue weighted by atomic mass is 19.1. The van der Waals surface area contributed by atoms with E-state index >= 15 is 0 Å². The number of ether oxygens (including phenoxy) is 1. The molecule has 0 unspecified atom stereocenters. The number of aromatic nitrogens is 3. The first-order valence-corrected chi connectivity index (χ1v) is 8.20. The Labute approximate surface area is 150 Å². The number of amides is 1. The summed E-state index contributed by atoms with van der Waals surface area (Å²) in [5.41, 5.74) is 1.97. The molecular formula is C19H19FN4O2. The van der Waals surface area contributed by atoms with E-state index in [0.717, 1.165) is 0 Å². The van der Waals surface area contributed by atoms with E-state index in [2.05, 4.69) is 15.4 Å². The number of hydrogen-bond acceptors (Lipinski definition) is 4. The van der Waals surface area contributed by atoms with Crippen molar-refractivity contribution < 1.29 is 13.9 Å². The molecule has 1 heterocycles. The minimum Gasteiger partial charge on any atom is -0.460 e. The molecule has 0 aliphatic rings. The SMILES string of the molecule is CC(=O)Nc1ccc(-n2nc(OC(C)C)nc2-c2cccc(F)c2)cc1. The zero-order valence-electron chi connectivity index (χ0n) is 14.7. The molecule has 3 aromatic rings. The summed E-state index contributed by atoms with van der Waals surface area (Å²) < 4.78 is 20.8. The van der Waals surface area contributed by atoms with Crippen molar-refractivity contribution in [2.75, 3.05) is 5.32 Å². The molecule has 0 saturated heterocycles. The van der Waals surface area contributed by atoms with Crippen LogP contribution in [0.5, 0.6) is 6.01 Å². The molecule has 2 aromatic carbocycles. The number of halogens is 1. The van der Waals surface area contributed by atoms with Gasteiger partial charge in [-0.3, -0.25) is 4.79 Å². The summed E-state index contributed by atoms with van der Waals surface area (Å²) in [6.45, 7) is 5.21. The number of nitrogens with one attached hydrogen (secondary N) is 1. The third-order valence-electron chi connectivity index (χ3n) is 3.44. The van der Waals surface area contributed by atoms with Gasteiger partial charge in [0.05, 0.1) is 11.8 Å². The molecule has 0 bridgehead atoms. The van der Waals surface area contributed by atoms with Crippen molar-refractivity contribution in [3.05, 3.63) is 54.3 Å². The normalized spacial score (nSPS) is 10.8. The number of nitrogens with zero attached hydrogens (tertiary/aromatic N) is 3. The molecule has 0 fully saturated rings. The summed E-state index contributed by atoms with van der Waals surface area (Å²) in [4.78, 5) is 15.6. The van der Waals surface area contributed by atoms with Crippen LogP contribution in [0.3, 0.4) is 0 Å². The Bertz CT molecular complexity index is 920. The molecule has 0 radical (unpaired) electrons. The molecule has 0 aliphatic heterocycles. The van der Waals surface area contributed by atoms with Crippen molar-refractivity contribution in [1.29, 1.82) is 0 Å². The molecule has 7 heteroatoms. The van der Waals surface area contributed by atoms with Crippen molar-refractivity contribution in [2.24, 2.45) is 0 Å². The largest absolute Gasteiger partial charge is 0.460 e. The lowest BCUT2D eigenvalue weighted by Gasteiger charge is -2.07. The standard InChI is InChI=1S/C19H19FN4O2/c1-12(2)26-19-22-18(14-5-4-6-15(20)11-14)24(23-19)17-9-7-16(8-10-17)21-13(3)25/h4-12H,1-3H3,(H,21,25). The molecular weight excluding hydrogens is 335 g/mol. The first-order valence-electron chi connectivity index (χ1n) is 8.20. The summed E-state index contributed by atoms with van der Waals surface area (Å²) >= 11 is 0. The maximum absolute atomic E-state index is 13.6. The fourth-order valence-corrected chi connectivity index (χ4v) is 2.44. The highest BCUT2D eigenvalue weighted by Gasteiger charge is 2.16. The smallest absolute Gasteiger partial charge is 0.336 e. The molecule has 0 aliphatic carbocycles. The molecule has 6 nitrogen and oxygen atoms in total. The van der Waals surface area contributed by atoms with Crippen LogP contribution < -0.4 is 10.1 Å². The zero-order chi connectivity index (χ0) is 18.7. The predicted molar refractivity (Wildman–Crippen MR) is 96.8 cm³/mol. The second-order valence-electron chi connectivity index (χ2n) is 6.03. The first-order chi connectivity index (χ1) is 12.4. The molecule has 26 heavy (non-hydrogen) atoms. The number of hydrogen-bond donors (Lipinski definition) is 1. The Morgan fingerprint density at radius 3 is 2.54 bits per heavy atom. The van der Waals surface area contributed by atoms with Crippen LogP contribution in [0, 0.1) is 5.82 Å². The van der Waals surface area contributed by atoms with Gasteiger partial charge in [0.1, 0.15) is 5.82 Å². The van der Waals surface area contributed by atoms with Crippen LogP contribution >= 0.6 is 0 Å².